The molecule has 120 valence electrons. The molecule has 1 fully saturated rings. The quantitative estimate of drug-likeness (QED) is 0.867. The first-order chi connectivity index (χ1) is 10.6. The Morgan fingerprint density at radius 3 is 2.45 bits per heavy atom. The molecule has 6 nitrogen and oxygen atoms in total. The number of hydrogen-bond donors (Lipinski definition) is 1. The number of carbonyl (C=O) groups excluding carboxylic acids is 1. The van der Waals surface area contributed by atoms with Crippen LogP contribution in [0.2, 0.25) is 0 Å². The fraction of sp³-hybridized carbons (Fsp3) is 0.500. The van der Waals surface area contributed by atoms with Crippen molar-refractivity contribution in [1.82, 2.24) is 4.90 Å². The van der Waals surface area contributed by atoms with E-state index in [0.29, 0.717) is 31.7 Å². The molecular weight excluding hydrogens is 286 g/mol. The van der Waals surface area contributed by atoms with E-state index >= 15 is 0 Å². The second-order valence-electron chi connectivity index (χ2n) is 5.21. The van der Waals surface area contributed by atoms with Gasteiger partial charge in [0.25, 0.3) is 5.91 Å². The average molecular weight is 307 g/mol. The van der Waals surface area contributed by atoms with Crippen LogP contribution in [0.1, 0.15) is 19.8 Å². The summed E-state index contributed by atoms with van der Waals surface area (Å²) in [6.45, 7) is 3.28. The second-order valence-corrected chi connectivity index (χ2v) is 5.21. The maximum atomic E-state index is 12.1. The minimum Gasteiger partial charge on any atom is -0.494 e. The fourth-order valence-corrected chi connectivity index (χ4v) is 2.44. The summed E-state index contributed by atoms with van der Waals surface area (Å²) in [6.07, 6.45) is 1.34. The zero-order valence-electron chi connectivity index (χ0n) is 12.7. The van der Waals surface area contributed by atoms with Crippen molar-refractivity contribution in [2.75, 3.05) is 26.3 Å². The van der Waals surface area contributed by atoms with E-state index < -0.39 is 11.9 Å². The standard InChI is InChI=1S/C16H21NO5/c1-2-21-13-5-7-14(8-6-13)22-11-15(18)17-9-3-4-12(10-17)16(19)20/h5-8,12H,2-4,9-11H2,1H3,(H,19,20)/t12-/m0/s1. The third kappa shape index (κ3) is 4.38. The molecule has 0 spiro atoms. The van der Waals surface area contributed by atoms with Crippen LogP contribution < -0.4 is 9.47 Å². The molecule has 0 radical (unpaired) electrons. The van der Waals surface area contributed by atoms with Crippen molar-refractivity contribution in [2.24, 2.45) is 5.92 Å². The molecule has 1 aromatic rings. The van der Waals surface area contributed by atoms with Crippen molar-refractivity contribution >= 4 is 11.9 Å². The maximum Gasteiger partial charge on any atom is 0.308 e. The summed E-state index contributed by atoms with van der Waals surface area (Å²) in [6, 6.07) is 7.05. The van der Waals surface area contributed by atoms with E-state index in [1.807, 2.05) is 6.92 Å². The number of likely N-dealkylation sites (tertiary alicyclic amines) is 1. The normalized spacial score (nSPS) is 17.9. The lowest BCUT2D eigenvalue weighted by molar-refractivity contribution is -0.146. The topological polar surface area (TPSA) is 76.1 Å². The number of nitrogens with zero attached hydrogens (tertiary/aromatic N) is 1. The number of rotatable bonds is 6. The molecular formula is C16H21NO5. The summed E-state index contributed by atoms with van der Waals surface area (Å²) in [5.41, 5.74) is 0. The van der Waals surface area contributed by atoms with Gasteiger partial charge in [-0.15, -0.1) is 0 Å². The minimum atomic E-state index is -0.843. The molecule has 0 aliphatic carbocycles. The molecule has 0 bridgehead atoms. The maximum absolute atomic E-state index is 12.1. The van der Waals surface area contributed by atoms with Crippen LogP contribution in [0.4, 0.5) is 0 Å². The number of piperidine rings is 1. The van der Waals surface area contributed by atoms with Gasteiger partial charge in [-0.2, -0.15) is 0 Å². The Kier molecular flexibility index (Phi) is 5.63. The molecule has 1 saturated heterocycles. The molecule has 0 aromatic heterocycles. The van der Waals surface area contributed by atoms with Crippen LogP contribution in [0, 0.1) is 5.92 Å². The van der Waals surface area contributed by atoms with Gasteiger partial charge in [0, 0.05) is 13.1 Å². The fourth-order valence-electron chi connectivity index (χ4n) is 2.44. The molecule has 1 aliphatic rings. The molecule has 1 N–H and O–H groups in total. The second kappa shape index (κ2) is 7.68. The number of hydrogen-bond acceptors (Lipinski definition) is 4. The third-order valence-electron chi connectivity index (χ3n) is 3.62. The highest BCUT2D eigenvalue weighted by Crippen LogP contribution is 2.19. The Morgan fingerprint density at radius 2 is 1.86 bits per heavy atom. The van der Waals surface area contributed by atoms with E-state index in [-0.39, 0.29) is 19.1 Å². The number of ether oxygens (including phenoxy) is 2. The van der Waals surface area contributed by atoms with Crippen LogP contribution in [0.15, 0.2) is 24.3 Å². The molecule has 6 heteroatoms. The number of aliphatic carboxylic acids is 1. The van der Waals surface area contributed by atoms with Crippen molar-refractivity contribution in [2.45, 2.75) is 19.8 Å². The van der Waals surface area contributed by atoms with Crippen molar-refractivity contribution in [3.8, 4) is 11.5 Å². The van der Waals surface area contributed by atoms with Crippen molar-refractivity contribution in [3.05, 3.63) is 24.3 Å². The van der Waals surface area contributed by atoms with Gasteiger partial charge in [-0.3, -0.25) is 9.59 Å². The lowest BCUT2D eigenvalue weighted by Crippen LogP contribution is -2.44. The number of carbonyl (C=O) groups is 2. The largest absolute Gasteiger partial charge is 0.494 e. The van der Waals surface area contributed by atoms with Crippen LogP contribution in [-0.2, 0) is 9.59 Å². The highest BCUT2D eigenvalue weighted by atomic mass is 16.5. The summed E-state index contributed by atoms with van der Waals surface area (Å²) in [4.78, 5) is 24.7. The summed E-state index contributed by atoms with van der Waals surface area (Å²) < 4.78 is 10.8. The molecule has 22 heavy (non-hydrogen) atoms. The van der Waals surface area contributed by atoms with Crippen molar-refractivity contribution in [3.63, 3.8) is 0 Å². The highest BCUT2D eigenvalue weighted by molar-refractivity contribution is 5.79. The van der Waals surface area contributed by atoms with E-state index in [0.717, 1.165) is 5.75 Å². The molecule has 1 amide bonds. The summed E-state index contributed by atoms with van der Waals surface area (Å²) >= 11 is 0. The van der Waals surface area contributed by atoms with Crippen LogP contribution >= 0.6 is 0 Å². The molecule has 0 unspecified atom stereocenters. The molecule has 2 rings (SSSR count). The van der Waals surface area contributed by atoms with E-state index in [4.69, 9.17) is 14.6 Å². The van der Waals surface area contributed by atoms with Gasteiger partial charge >= 0.3 is 5.97 Å². The van der Waals surface area contributed by atoms with E-state index in [1.54, 1.807) is 29.2 Å². The summed E-state index contributed by atoms with van der Waals surface area (Å²) in [5, 5.41) is 9.03. The first kappa shape index (κ1) is 16.1. The molecule has 1 aliphatic heterocycles. The van der Waals surface area contributed by atoms with Crippen LogP contribution in [0.5, 0.6) is 11.5 Å². The van der Waals surface area contributed by atoms with Crippen molar-refractivity contribution < 1.29 is 24.2 Å². The predicted molar refractivity (Wildman–Crippen MR) is 80.0 cm³/mol. The number of benzene rings is 1. The molecule has 1 heterocycles. The average Bonchev–Trinajstić information content (AvgIpc) is 2.54. The predicted octanol–water partition coefficient (Wildman–Crippen LogP) is 1.79. The Bertz CT molecular complexity index is 514. The van der Waals surface area contributed by atoms with Crippen LogP contribution in [0.25, 0.3) is 0 Å². The van der Waals surface area contributed by atoms with Crippen LogP contribution in [-0.4, -0.2) is 48.2 Å². The Balaban J connectivity index is 1.83. The zero-order valence-corrected chi connectivity index (χ0v) is 12.7. The minimum absolute atomic E-state index is 0.0830. The highest BCUT2D eigenvalue weighted by Gasteiger charge is 2.28. The molecule has 1 aromatic carbocycles. The number of amides is 1. The zero-order chi connectivity index (χ0) is 15.9. The van der Waals surface area contributed by atoms with Gasteiger partial charge in [-0.1, -0.05) is 0 Å². The Morgan fingerprint density at radius 1 is 1.23 bits per heavy atom. The van der Waals surface area contributed by atoms with E-state index in [9.17, 15) is 9.59 Å². The Hall–Kier alpha value is -2.24. The first-order valence-electron chi connectivity index (χ1n) is 7.46. The van der Waals surface area contributed by atoms with Crippen molar-refractivity contribution in [1.29, 1.82) is 0 Å². The Labute approximate surface area is 129 Å². The lowest BCUT2D eigenvalue weighted by atomic mass is 9.98. The van der Waals surface area contributed by atoms with E-state index in [1.165, 1.54) is 0 Å². The first-order valence-corrected chi connectivity index (χ1v) is 7.46. The van der Waals surface area contributed by atoms with Gasteiger partial charge < -0.3 is 19.5 Å². The SMILES string of the molecule is CCOc1ccc(OCC(=O)N2CCC[C@H](C(=O)O)C2)cc1. The summed E-state index contributed by atoms with van der Waals surface area (Å²) in [5.74, 6) is -0.155. The van der Waals surface area contributed by atoms with Gasteiger partial charge in [0.15, 0.2) is 6.61 Å². The van der Waals surface area contributed by atoms with Gasteiger partial charge in [-0.05, 0) is 44.0 Å². The van der Waals surface area contributed by atoms with Gasteiger partial charge in [0.1, 0.15) is 11.5 Å². The van der Waals surface area contributed by atoms with Crippen LogP contribution in [0.3, 0.4) is 0 Å². The third-order valence-corrected chi connectivity index (χ3v) is 3.62. The summed E-state index contributed by atoms with van der Waals surface area (Å²) in [7, 11) is 0. The van der Waals surface area contributed by atoms with E-state index in [2.05, 4.69) is 0 Å². The smallest absolute Gasteiger partial charge is 0.308 e. The molecule has 1 atom stereocenters. The van der Waals surface area contributed by atoms with Gasteiger partial charge in [-0.25, -0.2) is 0 Å². The number of carboxylic acids is 1. The lowest BCUT2D eigenvalue weighted by Gasteiger charge is -2.30. The monoisotopic (exact) mass is 307 g/mol. The molecule has 0 saturated carbocycles. The number of carboxylic acid groups (broad SMARTS) is 1. The van der Waals surface area contributed by atoms with Gasteiger partial charge in [0.2, 0.25) is 0 Å². The van der Waals surface area contributed by atoms with Gasteiger partial charge in [0.05, 0.1) is 12.5 Å².